The van der Waals surface area contributed by atoms with E-state index in [1.807, 2.05) is 52.0 Å². The Morgan fingerprint density at radius 1 is 1.03 bits per heavy atom. The van der Waals surface area contributed by atoms with Gasteiger partial charge in [-0.25, -0.2) is 14.5 Å². The second-order valence-electron chi connectivity index (χ2n) is 8.82. The second-order valence-corrected chi connectivity index (χ2v) is 8.82. The van der Waals surface area contributed by atoms with E-state index >= 15 is 0 Å². The minimum Gasteiger partial charge on any atom is -0.475 e. The Labute approximate surface area is 214 Å². The Morgan fingerprint density at radius 2 is 1.66 bits per heavy atom. The number of piperidine rings is 1. The first-order chi connectivity index (χ1) is 18.1. The molecule has 0 radical (unpaired) electrons. The molecule has 1 aliphatic rings. The highest BCUT2D eigenvalue weighted by Gasteiger charge is 2.38. The molecule has 0 atom stereocenters. The highest BCUT2D eigenvalue weighted by molar-refractivity contribution is 5.78. The number of aliphatic carboxylic acids is 1. The number of aromatic amines is 1. The van der Waals surface area contributed by atoms with Crippen molar-refractivity contribution in [3.8, 4) is 0 Å². The first-order valence-corrected chi connectivity index (χ1v) is 12.0. The molecule has 200 valence electrons. The van der Waals surface area contributed by atoms with Crippen LogP contribution in [0.4, 0.5) is 13.2 Å². The third kappa shape index (κ3) is 6.33. The fraction of sp³-hybridized carbons (Fsp3) is 0.360. The van der Waals surface area contributed by atoms with E-state index in [1.54, 1.807) is 6.07 Å². The van der Waals surface area contributed by atoms with Crippen LogP contribution in [0.3, 0.4) is 0 Å². The summed E-state index contributed by atoms with van der Waals surface area (Å²) in [4.78, 5) is 43.0. The zero-order chi connectivity index (χ0) is 27.3. The van der Waals surface area contributed by atoms with Crippen molar-refractivity contribution >= 4 is 33.8 Å². The maximum atomic E-state index is 12.7. The van der Waals surface area contributed by atoms with Crippen LogP contribution in [0.5, 0.6) is 0 Å². The van der Waals surface area contributed by atoms with Gasteiger partial charge in [0.05, 0.1) is 22.5 Å². The highest BCUT2D eigenvalue weighted by atomic mass is 19.4. The van der Waals surface area contributed by atoms with Crippen molar-refractivity contribution < 1.29 is 27.9 Å². The minimum absolute atomic E-state index is 0.130. The van der Waals surface area contributed by atoms with Gasteiger partial charge in [-0.05, 0) is 43.5 Å². The molecule has 0 spiro atoms. The lowest BCUT2D eigenvalue weighted by Gasteiger charge is -2.32. The fourth-order valence-electron chi connectivity index (χ4n) is 4.34. The van der Waals surface area contributed by atoms with Crippen molar-refractivity contribution in [2.75, 3.05) is 13.1 Å². The molecule has 1 amide bonds. The Morgan fingerprint density at radius 3 is 2.34 bits per heavy atom. The zero-order valence-corrected chi connectivity index (χ0v) is 20.2. The number of likely N-dealkylation sites (tertiary alicyclic amines) is 1. The van der Waals surface area contributed by atoms with E-state index < -0.39 is 12.1 Å². The summed E-state index contributed by atoms with van der Waals surface area (Å²) in [5.41, 5.74) is 2.51. The number of alkyl halides is 3. The number of para-hydroxylation sites is 2. The number of carboxylic acid groups (broad SMARTS) is 1. The molecular weight excluding hydrogens is 505 g/mol. The van der Waals surface area contributed by atoms with Crippen LogP contribution in [-0.2, 0) is 16.0 Å². The molecule has 2 N–H and O–H groups in total. The number of nitrogens with one attached hydrogen (secondary N) is 1. The van der Waals surface area contributed by atoms with E-state index in [0.717, 1.165) is 37.0 Å². The third-order valence-electron chi connectivity index (χ3n) is 6.25. The molecule has 13 heteroatoms. The average molecular weight is 531 g/mol. The van der Waals surface area contributed by atoms with Gasteiger partial charge in [-0.15, -0.1) is 5.10 Å². The van der Waals surface area contributed by atoms with Gasteiger partial charge in [0.2, 0.25) is 5.91 Å². The number of benzene rings is 2. The molecule has 2 aromatic heterocycles. The number of nitrogens with zero attached hydrogens (tertiary/aromatic N) is 5. The van der Waals surface area contributed by atoms with Crippen molar-refractivity contribution in [1.29, 1.82) is 0 Å². The standard InChI is InChI=1S/C23H24N6O2.C2HF3O2/c30-22(11-5-10-21-24-18-7-2-1-6-17(18)23(31)25-21)28-14-12-16(13-15-28)29-20-9-4-3-8-19(20)26-27-29;3-2(4,5)1(6)7/h1-4,6-9,16H,5,10-15H2,(H,24,25,31);(H,6,7). The van der Waals surface area contributed by atoms with Crippen molar-refractivity contribution in [2.45, 2.75) is 44.3 Å². The number of aromatic nitrogens is 5. The van der Waals surface area contributed by atoms with E-state index in [9.17, 15) is 22.8 Å². The Kier molecular flexibility index (Phi) is 8.03. The van der Waals surface area contributed by atoms with Crippen LogP contribution in [0, 0.1) is 0 Å². The van der Waals surface area contributed by atoms with Crippen LogP contribution in [-0.4, -0.2) is 66.1 Å². The summed E-state index contributed by atoms with van der Waals surface area (Å²) in [7, 11) is 0. The molecule has 2 aromatic carbocycles. The molecule has 0 saturated carbocycles. The number of hydrogen-bond acceptors (Lipinski definition) is 6. The van der Waals surface area contributed by atoms with Crippen LogP contribution in [0.25, 0.3) is 21.9 Å². The number of rotatable bonds is 5. The van der Waals surface area contributed by atoms with Crippen LogP contribution < -0.4 is 5.56 Å². The van der Waals surface area contributed by atoms with E-state index in [2.05, 4.69) is 20.3 Å². The van der Waals surface area contributed by atoms with Crippen molar-refractivity contribution in [3.63, 3.8) is 0 Å². The van der Waals surface area contributed by atoms with Crippen LogP contribution in [0.15, 0.2) is 53.3 Å². The maximum Gasteiger partial charge on any atom is 0.490 e. The number of carbonyl (C=O) groups is 2. The lowest BCUT2D eigenvalue weighted by molar-refractivity contribution is -0.192. The molecule has 3 heterocycles. The number of amides is 1. The fourth-order valence-corrected chi connectivity index (χ4v) is 4.34. The zero-order valence-electron chi connectivity index (χ0n) is 20.2. The smallest absolute Gasteiger partial charge is 0.475 e. The highest BCUT2D eigenvalue weighted by Crippen LogP contribution is 2.25. The SMILES string of the molecule is O=C(CCCc1nc2ccccc2c(=O)[nH]1)N1CCC(n2nnc3ccccc32)CC1.O=C(O)C(F)(F)F. The van der Waals surface area contributed by atoms with Crippen molar-refractivity contribution in [2.24, 2.45) is 0 Å². The first kappa shape index (κ1) is 26.8. The van der Waals surface area contributed by atoms with Gasteiger partial charge < -0.3 is 15.0 Å². The normalized spacial score (nSPS) is 14.3. The Bertz CT molecular complexity index is 1490. The Balaban J connectivity index is 0.000000426. The quantitative estimate of drug-likeness (QED) is 0.403. The predicted molar refractivity (Wildman–Crippen MR) is 131 cm³/mol. The number of hydrogen-bond donors (Lipinski definition) is 2. The number of carboxylic acids is 1. The van der Waals surface area contributed by atoms with Gasteiger partial charge in [0, 0.05) is 25.9 Å². The molecule has 1 fully saturated rings. The number of carbonyl (C=O) groups excluding carboxylic acids is 1. The number of halogens is 3. The molecule has 1 aliphatic heterocycles. The lowest BCUT2D eigenvalue weighted by atomic mass is 10.0. The molecule has 38 heavy (non-hydrogen) atoms. The summed E-state index contributed by atoms with van der Waals surface area (Å²) in [6.07, 6.45) is -1.65. The summed E-state index contributed by atoms with van der Waals surface area (Å²) in [6, 6.07) is 15.5. The average Bonchev–Trinajstić information content (AvgIpc) is 3.33. The Hall–Kier alpha value is -4.29. The topological polar surface area (TPSA) is 134 Å². The number of H-pyrrole nitrogens is 1. The number of aryl methyl sites for hydroxylation is 1. The second kappa shape index (κ2) is 11.4. The largest absolute Gasteiger partial charge is 0.490 e. The summed E-state index contributed by atoms with van der Waals surface area (Å²) in [6.45, 7) is 1.45. The summed E-state index contributed by atoms with van der Waals surface area (Å²) in [5.74, 6) is -1.97. The van der Waals surface area contributed by atoms with Crippen LogP contribution in [0.2, 0.25) is 0 Å². The summed E-state index contributed by atoms with van der Waals surface area (Å²) < 4.78 is 33.7. The van der Waals surface area contributed by atoms with Crippen LogP contribution >= 0.6 is 0 Å². The lowest BCUT2D eigenvalue weighted by Crippen LogP contribution is -2.39. The molecule has 4 aromatic rings. The minimum atomic E-state index is -5.08. The molecule has 0 aliphatic carbocycles. The van der Waals surface area contributed by atoms with Gasteiger partial charge in [-0.3, -0.25) is 9.59 Å². The van der Waals surface area contributed by atoms with E-state index in [4.69, 9.17) is 9.90 Å². The van der Waals surface area contributed by atoms with E-state index in [0.29, 0.717) is 36.0 Å². The van der Waals surface area contributed by atoms with Gasteiger partial charge in [0.15, 0.2) is 0 Å². The molecular formula is C25H25F3N6O4. The third-order valence-corrected chi connectivity index (χ3v) is 6.25. The predicted octanol–water partition coefficient (Wildman–Crippen LogP) is 3.49. The molecule has 0 unspecified atom stereocenters. The monoisotopic (exact) mass is 530 g/mol. The molecule has 10 nitrogen and oxygen atoms in total. The summed E-state index contributed by atoms with van der Waals surface area (Å²) in [5, 5.41) is 16.3. The van der Waals surface area contributed by atoms with Gasteiger partial charge in [0.1, 0.15) is 11.3 Å². The van der Waals surface area contributed by atoms with Crippen molar-refractivity contribution in [1.82, 2.24) is 29.9 Å². The van der Waals surface area contributed by atoms with Gasteiger partial charge in [-0.2, -0.15) is 13.2 Å². The van der Waals surface area contributed by atoms with E-state index in [-0.39, 0.29) is 17.5 Å². The first-order valence-electron chi connectivity index (χ1n) is 12.0. The maximum absolute atomic E-state index is 12.7. The summed E-state index contributed by atoms with van der Waals surface area (Å²) >= 11 is 0. The van der Waals surface area contributed by atoms with Gasteiger partial charge >= 0.3 is 12.1 Å². The number of fused-ring (bicyclic) bond motifs is 2. The van der Waals surface area contributed by atoms with Crippen LogP contribution in [0.1, 0.15) is 37.5 Å². The van der Waals surface area contributed by atoms with Gasteiger partial charge in [0.25, 0.3) is 5.56 Å². The molecule has 0 bridgehead atoms. The van der Waals surface area contributed by atoms with Gasteiger partial charge in [-0.1, -0.05) is 29.5 Å². The molecule has 5 rings (SSSR count). The van der Waals surface area contributed by atoms with Crippen molar-refractivity contribution in [3.05, 3.63) is 64.7 Å². The molecule has 1 saturated heterocycles. The van der Waals surface area contributed by atoms with E-state index in [1.165, 1.54) is 0 Å².